The quantitative estimate of drug-likeness (QED) is 0.109. The zero-order valence-corrected chi connectivity index (χ0v) is 24.2. The molecule has 2 rings (SSSR count). The minimum absolute atomic E-state index is 1.16. The van der Waals surface area contributed by atoms with Crippen LogP contribution in [0.25, 0.3) is 5.57 Å². The van der Waals surface area contributed by atoms with Crippen molar-refractivity contribution in [2.45, 2.75) is 142 Å². The van der Waals surface area contributed by atoms with Crippen LogP contribution in [-0.4, -0.2) is 29.1 Å². The summed E-state index contributed by atoms with van der Waals surface area (Å²) in [4.78, 5) is 4.19. The normalized spacial score (nSPS) is 14.8. The van der Waals surface area contributed by atoms with E-state index in [0.29, 0.717) is 0 Å². The summed E-state index contributed by atoms with van der Waals surface area (Å²) in [7, 11) is 0. The minimum Gasteiger partial charge on any atom is -0.294 e. The molecular weight excluding hydrogens is 436 g/mol. The van der Waals surface area contributed by atoms with Gasteiger partial charge in [-0.1, -0.05) is 117 Å². The van der Waals surface area contributed by atoms with E-state index in [0.717, 1.165) is 6.54 Å². The van der Waals surface area contributed by atoms with E-state index < -0.39 is 0 Å². The highest BCUT2D eigenvalue weighted by atomic mass is 15.3. The Kier molecular flexibility index (Phi) is 17.7. The molecule has 2 heterocycles. The fraction of sp³-hybridized carbons (Fsp3) is 0.735. The Balaban J connectivity index is 1.69. The molecule has 0 saturated heterocycles. The number of hydrogen-bond acceptors (Lipinski definition) is 1. The van der Waals surface area contributed by atoms with Crippen molar-refractivity contribution in [1.29, 1.82) is 0 Å². The first-order valence-electron chi connectivity index (χ1n) is 16.0. The second-order valence-corrected chi connectivity index (χ2v) is 11.4. The van der Waals surface area contributed by atoms with Crippen LogP contribution in [0.5, 0.6) is 0 Å². The van der Waals surface area contributed by atoms with Crippen LogP contribution in [0.3, 0.4) is 0 Å². The third kappa shape index (κ3) is 13.8. The van der Waals surface area contributed by atoms with Gasteiger partial charge in [-0.3, -0.25) is 9.47 Å². The standard InChI is InChI=1S/C34H59N2/c1-3-5-7-9-11-13-15-17-19-21-29-36(30-22-20-18-16-14-12-10-8-6-4-2)31-25-34(26-32-36)33-23-27-35-28-24-33/h23-28,31H,3-22,29-30,32H2,1-2H3/q+1. The van der Waals surface area contributed by atoms with Crippen molar-refractivity contribution in [3.8, 4) is 0 Å². The Morgan fingerprint density at radius 2 is 1.00 bits per heavy atom. The minimum atomic E-state index is 1.16. The maximum absolute atomic E-state index is 4.19. The van der Waals surface area contributed by atoms with Gasteiger partial charge in [-0.25, -0.2) is 0 Å². The average molecular weight is 496 g/mol. The molecular formula is C34H59N2+. The molecule has 0 amide bonds. The molecule has 0 fully saturated rings. The molecule has 1 aromatic rings. The van der Waals surface area contributed by atoms with E-state index >= 15 is 0 Å². The second-order valence-electron chi connectivity index (χ2n) is 11.4. The first-order valence-corrected chi connectivity index (χ1v) is 16.0. The SMILES string of the molecule is CCCCCCCCCCCC[N+]1(CCCCCCCCCCCC)C=CC(c2ccncc2)=CC1. The van der Waals surface area contributed by atoms with E-state index in [1.807, 2.05) is 12.4 Å². The number of allylic oxidation sites excluding steroid dienone is 2. The van der Waals surface area contributed by atoms with Gasteiger partial charge in [0.2, 0.25) is 0 Å². The number of aromatic nitrogens is 1. The Labute approximate surface area is 225 Å². The Morgan fingerprint density at radius 3 is 1.39 bits per heavy atom. The number of nitrogens with zero attached hydrogens (tertiary/aromatic N) is 2. The van der Waals surface area contributed by atoms with Gasteiger partial charge in [0.1, 0.15) is 6.54 Å². The van der Waals surface area contributed by atoms with Crippen LogP contribution in [0.15, 0.2) is 42.9 Å². The number of hydrogen-bond donors (Lipinski definition) is 0. The van der Waals surface area contributed by atoms with Crippen molar-refractivity contribution >= 4 is 5.57 Å². The molecule has 0 radical (unpaired) electrons. The zero-order valence-electron chi connectivity index (χ0n) is 24.2. The Hall–Kier alpha value is -1.41. The largest absolute Gasteiger partial charge is 0.294 e. The number of pyridine rings is 1. The topological polar surface area (TPSA) is 12.9 Å². The molecule has 0 atom stereocenters. The van der Waals surface area contributed by atoms with E-state index in [9.17, 15) is 0 Å². The summed E-state index contributed by atoms with van der Waals surface area (Å²) in [6.45, 7) is 8.39. The molecule has 0 N–H and O–H groups in total. The van der Waals surface area contributed by atoms with Gasteiger partial charge in [0.15, 0.2) is 0 Å². The average Bonchev–Trinajstić information content (AvgIpc) is 2.92. The number of rotatable bonds is 23. The highest BCUT2D eigenvalue weighted by Gasteiger charge is 2.25. The number of quaternary nitrogens is 1. The molecule has 204 valence electrons. The predicted octanol–water partition coefficient (Wildman–Crippen LogP) is 10.7. The summed E-state index contributed by atoms with van der Waals surface area (Å²) in [6.07, 6.45) is 39.6. The predicted molar refractivity (Wildman–Crippen MR) is 160 cm³/mol. The van der Waals surface area contributed by atoms with E-state index in [1.54, 1.807) is 0 Å². The molecule has 0 unspecified atom stereocenters. The molecule has 1 aromatic heterocycles. The lowest BCUT2D eigenvalue weighted by atomic mass is 10.0. The molecule has 0 bridgehead atoms. The van der Waals surface area contributed by atoms with Gasteiger partial charge in [-0.2, -0.15) is 0 Å². The van der Waals surface area contributed by atoms with Crippen molar-refractivity contribution < 1.29 is 4.48 Å². The van der Waals surface area contributed by atoms with E-state index in [-0.39, 0.29) is 0 Å². The van der Waals surface area contributed by atoms with Crippen molar-refractivity contribution in [2.75, 3.05) is 19.6 Å². The Morgan fingerprint density at radius 1 is 0.583 bits per heavy atom. The third-order valence-corrected chi connectivity index (χ3v) is 8.17. The van der Waals surface area contributed by atoms with Crippen LogP contribution in [0.4, 0.5) is 0 Å². The highest BCUT2D eigenvalue weighted by Crippen LogP contribution is 2.26. The number of unbranched alkanes of at least 4 members (excludes halogenated alkanes) is 18. The molecule has 0 spiro atoms. The van der Waals surface area contributed by atoms with Crippen LogP contribution < -0.4 is 0 Å². The summed E-state index contributed by atoms with van der Waals surface area (Å²) >= 11 is 0. The molecule has 2 heteroatoms. The lowest BCUT2D eigenvalue weighted by molar-refractivity contribution is -0.874. The monoisotopic (exact) mass is 495 g/mol. The highest BCUT2D eigenvalue weighted by molar-refractivity contribution is 5.73. The Bertz CT molecular complexity index is 666. The molecule has 0 saturated carbocycles. The maximum atomic E-state index is 4.19. The van der Waals surface area contributed by atoms with Gasteiger partial charge in [0.05, 0.1) is 19.3 Å². The van der Waals surface area contributed by atoms with Crippen LogP contribution in [0.2, 0.25) is 0 Å². The molecule has 36 heavy (non-hydrogen) atoms. The first kappa shape index (κ1) is 30.8. The van der Waals surface area contributed by atoms with Crippen LogP contribution in [0.1, 0.15) is 148 Å². The van der Waals surface area contributed by atoms with Crippen molar-refractivity contribution in [3.05, 3.63) is 48.4 Å². The molecule has 0 aliphatic carbocycles. The van der Waals surface area contributed by atoms with Gasteiger partial charge < -0.3 is 0 Å². The van der Waals surface area contributed by atoms with Crippen molar-refractivity contribution in [1.82, 2.24) is 4.98 Å². The third-order valence-electron chi connectivity index (χ3n) is 8.17. The van der Waals surface area contributed by atoms with E-state index in [1.165, 1.54) is 157 Å². The lowest BCUT2D eigenvalue weighted by Crippen LogP contribution is -2.45. The summed E-state index contributed by atoms with van der Waals surface area (Å²) in [5.74, 6) is 0. The van der Waals surface area contributed by atoms with Gasteiger partial charge in [-0.15, -0.1) is 0 Å². The van der Waals surface area contributed by atoms with Crippen LogP contribution >= 0.6 is 0 Å². The van der Waals surface area contributed by atoms with Gasteiger partial charge in [0, 0.05) is 12.4 Å². The fourth-order valence-electron chi connectivity index (χ4n) is 5.68. The fourth-order valence-corrected chi connectivity index (χ4v) is 5.68. The maximum Gasteiger partial charge on any atom is 0.102 e. The smallest absolute Gasteiger partial charge is 0.102 e. The van der Waals surface area contributed by atoms with E-state index in [4.69, 9.17) is 0 Å². The molecule has 0 aromatic carbocycles. The summed E-state index contributed by atoms with van der Waals surface area (Å²) in [5.41, 5.74) is 2.68. The van der Waals surface area contributed by atoms with Gasteiger partial charge >= 0.3 is 0 Å². The summed E-state index contributed by atoms with van der Waals surface area (Å²) in [6, 6.07) is 4.28. The summed E-state index contributed by atoms with van der Waals surface area (Å²) < 4.78 is 1.17. The van der Waals surface area contributed by atoms with Gasteiger partial charge in [-0.05, 0) is 61.1 Å². The molecule has 2 nitrogen and oxygen atoms in total. The molecule has 1 aliphatic heterocycles. The van der Waals surface area contributed by atoms with Crippen molar-refractivity contribution in [3.63, 3.8) is 0 Å². The van der Waals surface area contributed by atoms with Crippen LogP contribution in [0, 0.1) is 0 Å². The van der Waals surface area contributed by atoms with Gasteiger partial charge in [0.25, 0.3) is 0 Å². The zero-order chi connectivity index (χ0) is 25.6. The van der Waals surface area contributed by atoms with Crippen molar-refractivity contribution in [2.24, 2.45) is 0 Å². The lowest BCUT2D eigenvalue weighted by Gasteiger charge is -2.36. The summed E-state index contributed by atoms with van der Waals surface area (Å²) in [5, 5.41) is 0. The van der Waals surface area contributed by atoms with E-state index in [2.05, 4.69) is 49.3 Å². The first-order chi connectivity index (χ1) is 17.8. The van der Waals surface area contributed by atoms with Crippen LogP contribution in [-0.2, 0) is 0 Å². The second kappa shape index (κ2) is 20.6. The molecule has 1 aliphatic rings.